The van der Waals surface area contributed by atoms with Gasteiger partial charge in [0.15, 0.2) is 15.6 Å². The smallest absolute Gasteiger partial charge is 0.185 e. The molecule has 0 saturated carbocycles. The summed E-state index contributed by atoms with van der Waals surface area (Å²) in [5.74, 6) is 0.373. The van der Waals surface area contributed by atoms with Gasteiger partial charge in [-0.3, -0.25) is 4.79 Å². The van der Waals surface area contributed by atoms with E-state index in [0.29, 0.717) is 11.3 Å². The Balaban J connectivity index is 2.17. The fraction of sp³-hybridized carbons (Fsp3) is 0.0714. The molecule has 0 aliphatic carbocycles. The maximum absolute atomic E-state index is 11.8. The highest BCUT2D eigenvalue weighted by atomic mass is 32.2. The molecular weight excluding hydrogens is 264 g/mol. The highest BCUT2D eigenvalue weighted by Crippen LogP contribution is 2.12. The fourth-order valence-corrected chi connectivity index (χ4v) is 2.14. The summed E-state index contributed by atoms with van der Waals surface area (Å²) in [7, 11) is -3.24. The number of ketones is 1. The van der Waals surface area contributed by atoms with Gasteiger partial charge in [0.05, 0.1) is 11.2 Å². The highest BCUT2D eigenvalue weighted by molar-refractivity contribution is 7.90. The molecule has 1 aromatic carbocycles. The number of rotatable bonds is 4. The van der Waals surface area contributed by atoms with Crippen LogP contribution in [-0.2, 0) is 9.84 Å². The zero-order valence-electron chi connectivity index (χ0n) is 10.2. The van der Waals surface area contributed by atoms with E-state index in [2.05, 4.69) is 0 Å². The number of hydrogen-bond acceptors (Lipinski definition) is 4. The lowest BCUT2D eigenvalue weighted by molar-refractivity contribution is 0.104. The Morgan fingerprint density at radius 3 is 2.37 bits per heavy atom. The largest absolute Gasteiger partial charge is 0.465 e. The molecule has 2 aromatic rings. The van der Waals surface area contributed by atoms with E-state index in [1.807, 2.05) is 0 Å². The monoisotopic (exact) mass is 276 g/mol. The summed E-state index contributed by atoms with van der Waals surface area (Å²) in [6.07, 6.45) is 5.59. The second-order valence-electron chi connectivity index (χ2n) is 4.01. The van der Waals surface area contributed by atoms with Crippen molar-refractivity contribution in [2.75, 3.05) is 6.26 Å². The molecule has 0 spiro atoms. The van der Waals surface area contributed by atoms with Crippen LogP contribution in [0.15, 0.2) is 58.1 Å². The first-order valence-corrected chi connectivity index (χ1v) is 7.42. The Morgan fingerprint density at radius 2 is 1.84 bits per heavy atom. The summed E-state index contributed by atoms with van der Waals surface area (Å²) in [5, 5.41) is 0. The molecule has 2 rings (SSSR count). The molecule has 4 nitrogen and oxygen atoms in total. The van der Waals surface area contributed by atoms with Crippen LogP contribution in [0.1, 0.15) is 16.1 Å². The molecule has 0 saturated heterocycles. The van der Waals surface area contributed by atoms with Crippen molar-refractivity contribution in [2.45, 2.75) is 4.90 Å². The van der Waals surface area contributed by atoms with Gasteiger partial charge in [0.1, 0.15) is 5.76 Å². The molecule has 0 atom stereocenters. The van der Waals surface area contributed by atoms with Crippen LogP contribution in [0.3, 0.4) is 0 Å². The predicted molar refractivity (Wildman–Crippen MR) is 71.6 cm³/mol. The summed E-state index contributed by atoms with van der Waals surface area (Å²) >= 11 is 0. The highest BCUT2D eigenvalue weighted by Gasteiger charge is 2.08. The Hall–Kier alpha value is -2.14. The number of furan rings is 1. The van der Waals surface area contributed by atoms with Gasteiger partial charge in [-0.1, -0.05) is 0 Å². The van der Waals surface area contributed by atoms with Crippen LogP contribution in [-0.4, -0.2) is 20.5 Å². The van der Waals surface area contributed by atoms with Crippen LogP contribution in [0.2, 0.25) is 0 Å². The van der Waals surface area contributed by atoms with Crippen LogP contribution >= 0.6 is 0 Å². The second kappa shape index (κ2) is 5.24. The van der Waals surface area contributed by atoms with E-state index in [9.17, 15) is 13.2 Å². The summed E-state index contributed by atoms with van der Waals surface area (Å²) in [5.41, 5.74) is 0.426. The maximum Gasteiger partial charge on any atom is 0.185 e. The molecule has 0 aliphatic heterocycles. The van der Waals surface area contributed by atoms with Gasteiger partial charge in [0.25, 0.3) is 0 Å². The zero-order valence-corrected chi connectivity index (χ0v) is 11.1. The average molecular weight is 276 g/mol. The first-order valence-electron chi connectivity index (χ1n) is 5.53. The van der Waals surface area contributed by atoms with Gasteiger partial charge < -0.3 is 4.42 Å². The molecule has 98 valence electrons. The number of benzene rings is 1. The van der Waals surface area contributed by atoms with Gasteiger partial charge >= 0.3 is 0 Å². The van der Waals surface area contributed by atoms with Crippen LogP contribution in [0.5, 0.6) is 0 Å². The number of carbonyl (C=O) groups is 1. The first-order chi connectivity index (χ1) is 8.97. The van der Waals surface area contributed by atoms with Crippen LogP contribution in [0.4, 0.5) is 0 Å². The molecule has 0 unspecified atom stereocenters. The van der Waals surface area contributed by atoms with Gasteiger partial charge in [-0.05, 0) is 48.6 Å². The molecule has 0 aliphatic rings. The number of allylic oxidation sites excluding steroid dienone is 1. The fourth-order valence-electron chi connectivity index (χ4n) is 1.51. The summed E-state index contributed by atoms with van der Waals surface area (Å²) in [6.45, 7) is 0. The first kappa shape index (κ1) is 13.3. The van der Waals surface area contributed by atoms with Crippen molar-refractivity contribution in [2.24, 2.45) is 0 Å². The lowest BCUT2D eigenvalue weighted by atomic mass is 10.1. The summed E-state index contributed by atoms with van der Waals surface area (Å²) in [4.78, 5) is 12.0. The molecule has 19 heavy (non-hydrogen) atoms. The lowest BCUT2D eigenvalue weighted by Gasteiger charge is -1.99. The van der Waals surface area contributed by atoms with Crippen molar-refractivity contribution in [3.63, 3.8) is 0 Å². The van der Waals surface area contributed by atoms with Gasteiger partial charge in [0.2, 0.25) is 0 Å². The predicted octanol–water partition coefficient (Wildman–Crippen LogP) is 2.58. The third-order valence-corrected chi connectivity index (χ3v) is 3.64. The van der Waals surface area contributed by atoms with Crippen molar-refractivity contribution >= 4 is 21.7 Å². The Labute approximate surface area is 111 Å². The molecule has 5 heteroatoms. The van der Waals surface area contributed by atoms with Gasteiger partial charge in [-0.15, -0.1) is 0 Å². The molecule has 0 radical (unpaired) electrons. The molecule has 1 aromatic heterocycles. The van der Waals surface area contributed by atoms with Gasteiger partial charge in [-0.25, -0.2) is 8.42 Å². The topological polar surface area (TPSA) is 64.3 Å². The van der Waals surface area contributed by atoms with E-state index in [-0.39, 0.29) is 10.7 Å². The zero-order chi connectivity index (χ0) is 13.9. The normalized spacial score (nSPS) is 11.8. The van der Waals surface area contributed by atoms with Gasteiger partial charge in [-0.2, -0.15) is 0 Å². The third kappa shape index (κ3) is 3.42. The quantitative estimate of drug-likeness (QED) is 0.636. The van der Waals surface area contributed by atoms with Crippen LogP contribution in [0, 0.1) is 0 Å². The number of carbonyl (C=O) groups excluding carboxylic acids is 1. The van der Waals surface area contributed by atoms with Crippen LogP contribution in [0.25, 0.3) is 6.08 Å². The van der Waals surface area contributed by atoms with Crippen molar-refractivity contribution in [3.8, 4) is 0 Å². The Morgan fingerprint density at radius 1 is 1.16 bits per heavy atom. The van der Waals surface area contributed by atoms with Gasteiger partial charge in [0, 0.05) is 11.8 Å². The van der Waals surface area contributed by atoms with E-state index in [1.54, 1.807) is 18.2 Å². The van der Waals surface area contributed by atoms with E-state index in [1.165, 1.54) is 36.6 Å². The Kier molecular flexibility index (Phi) is 3.66. The van der Waals surface area contributed by atoms with Crippen molar-refractivity contribution in [1.82, 2.24) is 0 Å². The minimum absolute atomic E-state index is 0.194. The standard InChI is InChI=1S/C14H12O4S/c1-19(16,17)13-7-4-11(5-8-13)14(15)9-6-12-3-2-10-18-12/h2-10H,1H3/b9-6+. The molecule has 0 N–H and O–H groups in total. The average Bonchev–Trinajstić information content (AvgIpc) is 2.88. The summed E-state index contributed by atoms with van der Waals surface area (Å²) in [6, 6.07) is 9.28. The summed E-state index contributed by atoms with van der Waals surface area (Å²) < 4.78 is 27.6. The molecule has 0 fully saturated rings. The minimum Gasteiger partial charge on any atom is -0.465 e. The van der Waals surface area contributed by atoms with E-state index >= 15 is 0 Å². The molecule has 0 amide bonds. The minimum atomic E-state index is -3.24. The van der Waals surface area contributed by atoms with E-state index < -0.39 is 9.84 Å². The van der Waals surface area contributed by atoms with E-state index in [0.717, 1.165) is 6.26 Å². The van der Waals surface area contributed by atoms with Crippen molar-refractivity contribution < 1.29 is 17.6 Å². The van der Waals surface area contributed by atoms with Crippen molar-refractivity contribution in [3.05, 3.63) is 60.1 Å². The lowest BCUT2D eigenvalue weighted by Crippen LogP contribution is -1.99. The molecule has 0 bridgehead atoms. The van der Waals surface area contributed by atoms with E-state index in [4.69, 9.17) is 4.42 Å². The second-order valence-corrected chi connectivity index (χ2v) is 6.03. The van der Waals surface area contributed by atoms with Crippen molar-refractivity contribution in [1.29, 1.82) is 0 Å². The maximum atomic E-state index is 11.8. The molecular formula is C14H12O4S. The van der Waals surface area contributed by atoms with Crippen LogP contribution < -0.4 is 0 Å². The third-order valence-electron chi connectivity index (χ3n) is 2.51. The Bertz CT molecular complexity index is 692. The number of hydrogen-bond donors (Lipinski definition) is 0. The number of sulfone groups is 1. The SMILES string of the molecule is CS(=O)(=O)c1ccc(C(=O)/C=C/c2ccco2)cc1. The molecule has 1 heterocycles.